The Bertz CT molecular complexity index is 951. The summed E-state index contributed by atoms with van der Waals surface area (Å²) >= 11 is 5.99. The van der Waals surface area contributed by atoms with Crippen molar-refractivity contribution in [3.8, 4) is 5.69 Å². The third-order valence-electron chi connectivity index (χ3n) is 4.02. The maximum atomic E-state index is 12.2. The van der Waals surface area contributed by atoms with E-state index in [1.165, 1.54) is 0 Å². The number of carbonyl (C=O) groups excluding carboxylic acids is 2. The lowest BCUT2D eigenvalue weighted by atomic mass is 10.2. The molecule has 2 amide bonds. The SMILES string of the molecule is Cc1ccnn1-c1ccc(C(=O)NCCNC(=O)c2ccccc2Cl)cc1. The summed E-state index contributed by atoms with van der Waals surface area (Å²) in [5, 5.41) is 10.1. The van der Waals surface area contributed by atoms with Crippen molar-refractivity contribution in [1.29, 1.82) is 0 Å². The van der Waals surface area contributed by atoms with Gasteiger partial charge in [0.15, 0.2) is 0 Å². The predicted octanol–water partition coefficient (Wildman–Crippen LogP) is 2.99. The zero-order valence-corrected chi connectivity index (χ0v) is 15.5. The predicted molar refractivity (Wildman–Crippen MR) is 104 cm³/mol. The molecule has 2 N–H and O–H groups in total. The highest BCUT2D eigenvalue weighted by Gasteiger charge is 2.10. The third kappa shape index (κ3) is 4.54. The molecule has 0 saturated heterocycles. The van der Waals surface area contributed by atoms with Gasteiger partial charge in [-0.3, -0.25) is 9.59 Å². The molecule has 3 aromatic rings. The van der Waals surface area contributed by atoms with Gasteiger partial charge >= 0.3 is 0 Å². The standard InChI is InChI=1S/C20H19ClN4O2/c1-14-10-11-24-25(14)16-8-6-15(7-9-16)19(26)22-12-13-23-20(27)17-4-2-3-5-18(17)21/h2-11H,12-13H2,1H3,(H,22,26)(H,23,27). The molecular formula is C20H19ClN4O2. The summed E-state index contributed by atoms with van der Waals surface area (Å²) in [6.45, 7) is 2.58. The Morgan fingerprint density at radius 1 is 0.963 bits per heavy atom. The van der Waals surface area contributed by atoms with Gasteiger partial charge in [-0.2, -0.15) is 5.10 Å². The van der Waals surface area contributed by atoms with Crippen molar-refractivity contribution in [1.82, 2.24) is 20.4 Å². The molecule has 0 atom stereocenters. The fourth-order valence-corrected chi connectivity index (χ4v) is 2.81. The number of hydrogen-bond donors (Lipinski definition) is 2. The number of aromatic nitrogens is 2. The molecule has 138 valence electrons. The molecule has 3 rings (SSSR count). The molecule has 0 aliphatic heterocycles. The van der Waals surface area contributed by atoms with E-state index < -0.39 is 0 Å². The van der Waals surface area contributed by atoms with Crippen molar-refractivity contribution >= 4 is 23.4 Å². The minimum Gasteiger partial charge on any atom is -0.350 e. The summed E-state index contributed by atoms with van der Waals surface area (Å²) in [6, 6.07) is 15.9. The lowest BCUT2D eigenvalue weighted by Gasteiger charge is -2.09. The topological polar surface area (TPSA) is 76.0 Å². The van der Waals surface area contributed by atoms with Crippen LogP contribution in [0, 0.1) is 6.92 Å². The van der Waals surface area contributed by atoms with Crippen LogP contribution in [0.1, 0.15) is 26.4 Å². The first-order valence-corrected chi connectivity index (χ1v) is 8.86. The number of rotatable bonds is 6. The van der Waals surface area contributed by atoms with Crippen molar-refractivity contribution in [2.45, 2.75) is 6.92 Å². The second kappa shape index (κ2) is 8.51. The van der Waals surface area contributed by atoms with E-state index in [0.29, 0.717) is 29.2 Å². The largest absolute Gasteiger partial charge is 0.350 e. The number of nitrogens with zero attached hydrogens (tertiary/aromatic N) is 2. The number of benzene rings is 2. The Morgan fingerprint density at radius 2 is 1.63 bits per heavy atom. The zero-order chi connectivity index (χ0) is 19.2. The van der Waals surface area contributed by atoms with Gasteiger partial charge in [-0.1, -0.05) is 23.7 Å². The maximum Gasteiger partial charge on any atom is 0.252 e. The minimum absolute atomic E-state index is 0.203. The van der Waals surface area contributed by atoms with Gasteiger partial charge < -0.3 is 10.6 Å². The smallest absolute Gasteiger partial charge is 0.252 e. The summed E-state index contributed by atoms with van der Waals surface area (Å²) in [4.78, 5) is 24.3. The first-order valence-electron chi connectivity index (χ1n) is 8.48. The Kier molecular flexibility index (Phi) is 5.88. The number of aryl methyl sites for hydroxylation is 1. The summed E-state index contributed by atoms with van der Waals surface area (Å²) in [5.41, 5.74) is 2.86. The molecule has 0 bridgehead atoms. The van der Waals surface area contributed by atoms with Crippen LogP contribution in [0.15, 0.2) is 60.8 Å². The molecule has 2 aromatic carbocycles. The van der Waals surface area contributed by atoms with Crippen LogP contribution in [0.4, 0.5) is 0 Å². The Balaban J connectivity index is 1.49. The molecule has 1 heterocycles. The van der Waals surface area contributed by atoms with Crippen LogP contribution >= 0.6 is 11.6 Å². The number of hydrogen-bond acceptors (Lipinski definition) is 3. The number of halogens is 1. The van der Waals surface area contributed by atoms with Crippen LogP contribution in [0.3, 0.4) is 0 Å². The van der Waals surface area contributed by atoms with E-state index in [9.17, 15) is 9.59 Å². The van der Waals surface area contributed by atoms with E-state index in [2.05, 4.69) is 15.7 Å². The van der Waals surface area contributed by atoms with Crippen molar-refractivity contribution in [2.75, 3.05) is 13.1 Å². The van der Waals surface area contributed by atoms with E-state index in [0.717, 1.165) is 11.4 Å². The van der Waals surface area contributed by atoms with Gasteiger partial charge in [0.1, 0.15) is 0 Å². The van der Waals surface area contributed by atoms with Crippen LogP contribution in [0.25, 0.3) is 5.69 Å². The van der Waals surface area contributed by atoms with Gasteiger partial charge in [-0.15, -0.1) is 0 Å². The monoisotopic (exact) mass is 382 g/mol. The van der Waals surface area contributed by atoms with Crippen molar-refractivity contribution < 1.29 is 9.59 Å². The Hall–Kier alpha value is -3.12. The van der Waals surface area contributed by atoms with Crippen molar-refractivity contribution in [2.24, 2.45) is 0 Å². The molecule has 27 heavy (non-hydrogen) atoms. The molecule has 0 aliphatic carbocycles. The van der Waals surface area contributed by atoms with E-state index in [1.807, 2.05) is 25.1 Å². The number of amides is 2. The van der Waals surface area contributed by atoms with Crippen LogP contribution in [0.2, 0.25) is 5.02 Å². The van der Waals surface area contributed by atoms with E-state index >= 15 is 0 Å². The van der Waals surface area contributed by atoms with Gasteiger partial charge in [0.2, 0.25) is 0 Å². The summed E-state index contributed by atoms with van der Waals surface area (Å²) in [5.74, 6) is -0.473. The average molecular weight is 383 g/mol. The van der Waals surface area contributed by atoms with Crippen molar-refractivity contribution in [3.05, 3.63) is 82.6 Å². The first-order chi connectivity index (χ1) is 13.1. The zero-order valence-electron chi connectivity index (χ0n) is 14.8. The highest BCUT2D eigenvalue weighted by atomic mass is 35.5. The second-order valence-electron chi connectivity index (χ2n) is 5.92. The van der Waals surface area contributed by atoms with Crippen molar-refractivity contribution in [3.63, 3.8) is 0 Å². The molecule has 7 heteroatoms. The lowest BCUT2D eigenvalue weighted by molar-refractivity contribution is 0.0927. The maximum absolute atomic E-state index is 12.2. The van der Waals surface area contributed by atoms with Crippen LogP contribution < -0.4 is 10.6 Å². The van der Waals surface area contributed by atoms with Gasteiger partial charge in [0.05, 0.1) is 16.3 Å². The van der Waals surface area contributed by atoms with E-state index in [1.54, 1.807) is 47.3 Å². The summed E-state index contributed by atoms with van der Waals surface area (Å²) < 4.78 is 1.80. The molecule has 0 saturated carbocycles. The molecule has 6 nitrogen and oxygen atoms in total. The van der Waals surface area contributed by atoms with Gasteiger partial charge in [-0.05, 0) is 49.4 Å². The molecule has 0 fully saturated rings. The Morgan fingerprint density at radius 3 is 2.26 bits per heavy atom. The highest BCUT2D eigenvalue weighted by molar-refractivity contribution is 6.33. The average Bonchev–Trinajstić information content (AvgIpc) is 3.11. The number of carbonyl (C=O) groups is 2. The molecular weight excluding hydrogens is 364 g/mol. The molecule has 0 aliphatic rings. The van der Waals surface area contributed by atoms with E-state index in [-0.39, 0.29) is 11.8 Å². The lowest BCUT2D eigenvalue weighted by Crippen LogP contribution is -2.34. The quantitative estimate of drug-likeness (QED) is 0.643. The van der Waals surface area contributed by atoms with Crippen LogP contribution in [0.5, 0.6) is 0 Å². The fourth-order valence-electron chi connectivity index (χ4n) is 2.59. The first kappa shape index (κ1) is 18.7. The molecule has 1 aromatic heterocycles. The highest BCUT2D eigenvalue weighted by Crippen LogP contribution is 2.14. The van der Waals surface area contributed by atoms with Crippen LogP contribution in [-0.2, 0) is 0 Å². The van der Waals surface area contributed by atoms with Gasteiger partial charge in [-0.25, -0.2) is 4.68 Å². The summed E-state index contributed by atoms with van der Waals surface area (Å²) in [6.07, 6.45) is 1.73. The number of nitrogens with one attached hydrogen (secondary N) is 2. The van der Waals surface area contributed by atoms with E-state index in [4.69, 9.17) is 11.6 Å². The van der Waals surface area contributed by atoms with Gasteiger partial charge in [0, 0.05) is 30.5 Å². The molecule has 0 radical (unpaired) electrons. The Labute approximate surface area is 162 Å². The van der Waals surface area contributed by atoms with Crippen LogP contribution in [-0.4, -0.2) is 34.7 Å². The fraction of sp³-hybridized carbons (Fsp3) is 0.150. The molecule has 0 unspecified atom stereocenters. The third-order valence-corrected chi connectivity index (χ3v) is 4.35. The normalized spacial score (nSPS) is 10.4. The second-order valence-corrected chi connectivity index (χ2v) is 6.33. The minimum atomic E-state index is -0.270. The summed E-state index contributed by atoms with van der Waals surface area (Å²) in [7, 11) is 0. The molecule has 0 spiro atoms. The van der Waals surface area contributed by atoms with Gasteiger partial charge in [0.25, 0.3) is 11.8 Å².